The van der Waals surface area contributed by atoms with Gasteiger partial charge in [0.05, 0.1) is 6.26 Å². The highest BCUT2D eigenvalue weighted by atomic mass is 16.5. The lowest BCUT2D eigenvalue weighted by molar-refractivity contribution is -0.146. The van der Waals surface area contributed by atoms with Crippen molar-refractivity contribution in [1.82, 2.24) is 0 Å². The summed E-state index contributed by atoms with van der Waals surface area (Å²) in [5, 5.41) is 21.1. The van der Waals surface area contributed by atoms with Crippen molar-refractivity contribution in [2.75, 3.05) is 0 Å². The van der Waals surface area contributed by atoms with Crippen LogP contribution in [0.15, 0.2) is 17.5 Å². The van der Waals surface area contributed by atoms with Crippen molar-refractivity contribution in [3.8, 4) is 0 Å². The molecule has 0 bridgehead atoms. The molecule has 2 N–H and O–H groups in total. The van der Waals surface area contributed by atoms with E-state index in [0.717, 1.165) is 25.7 Å². The predicted octanol–water partition coefficient (Wildman–Crippen LogP) is 1.62. The summed E-state index contributed by atoms with van der Waals surface area (Å²) in [4.78, 5) is 11.3. The summed E-state index contributed by atoms with van der Waals surface area (Å²) in [6.07, 6.45) is 6.23. The summed E-state index contributed by atoms with van der Waals surface area (Å²) in [5.41, 5.74) is 0.305. The Balaban J connectivity index is 2.16. The third kappa shape index (κ3) is 1.89. The first-order chi connectivity index (χ1) is 7.74. The van der Waals surface area contributed by atoms with E-state index < -0.39 is 18.0 Å². The summed E-state index contributed by atoms with van der Waals surface area (Å²) in [7, 11) is 0. The van der Waals surface area contributed by atoms with Gasteiger partial charge in [-0.15, -0.1) is 0 Å². The first-order valence-electron chi connectivity index (χ1n) is 5.51. The van der Waals surface area contributed by atoms with Gasteiger partial charge in [0.15, 0.2) is 6.10 Å². The summed E-state index contributed by atoms with van der Waals surface area (Å²) in [6, 6.07) is 0. The van der Waals surface area contributed by atoms with E-state index in [4.69, 9.17) is 9.94 Å². The molecule has 2 unspecified atom stereocenters. The minimum Gasteiger partial charge on any atom is -0.491 e. The molecule has 0 radical (unpaired) electrons. The fourth-order valence-corrected chi connectivity index (χ4v) is 2.61. The highest BCUT2D eigenvalue weighted by Gasteiger charge is 2.41. The standard InChI is InChI=1S/C11H15NO4/c13-11(14)9(7-3-1-2-4-7)10-8(12-15)5-6-16-10/h5-7,9-10,15H,1-4H2,(H,13,14). The highest BCUT2D eigenvalue weighted by Crippen LogP contribution is 2.35. The molecule has 0 spiro atoms. The molecule has 2 rings (SSSR count). The number of nitrogens with zero attached hydrogens (tertiary/aromatic N) is 1. The lowest BCUT2D eigenvalue weighted by Crippen LogP contribution is -2.37. The van der Waals surface area contributed by atoms with Crippen molar-refractivity contribution in [3.05, 3.63) is 12.3 Å². The van der Waals surface area contributed by atoms with Crippen molar-refractivity contribution in [2.24, 2.45) is 17.0 Å². The molecular weight excluding hydrogens is 210 g/mol. The van der Waals surface area contributed by atoms with Gasteiger partial charge < -0.3 is 15.1 Å². The van der Waals surface area contributed by atoms with Crippen LogP contribution >= 0.6 is 0 Å². The first-order valence-corrected chi connectivity index (χ1v) is 5.51. The normalized spacial score (nSPS) is 29.5. The number of oxime groups is 1. The van der Waals surface area contributed by atoms with E-state index in [-0.39, 0.29) is 5.92 Å². The van der Waals surface area contributed by atoms with Crippen molar-refractivity contribution in [2.45, 2.75) is 31.8 Å². The molecule has 16 heavy (non-hydrogen) atoms. The van der Waals surface area contributed by atoms with Crippen LogP contribution in [0.2, 0.25) is 0 Å². The van der Waals surface area contributed by atoms with Crippen molar-refractivity contribution in [1.29, 1.82) is 0 Å². The van der Waals surface area contributed by atoms with Crippen LogP contribution in [0.3, 0.4) is 0 Å². The van der Waals surface area contributed by atoms with Crippen LogP contribution in [0.5, 0.6) is 0 Å². The van der Waals surface area contributed by atoms with Crippen LogP contribution < -0.4 is 0 Å². The van der Waals surface area contributed by atoms with Crippen LogP contribution in [-0.2, 0) is 9.53 Å². The SMILES string of the molecule is O=C(O)C(C1CCCC1)C1OC=CC1=NO. The lowest BCUT2D eigenvalue weighted by Gasteiger charge is -2.24. The van der Waals surface area contributed by atoms with Gasteiger partial charge in [-0.25, -0.2) is 0 Å². The number of hydrogen-bond acceptors (Lipinski definition) is 4. The van der Waals surface area contributed by atoms with Crippen molar-refractivity contribution in [3.63, 3.8) is 0 Å². The molecule has 1 aliphatic heterocycles. The second kappa shape index (κ2) is 4.55. The maximum Gasteiger partial charge on any atom is 0.310 e. The fraction of sp³-hybridized carbons (Fsp3) is 0.636. The van der Waals surface area contributed by atoms with Crippen LogP contribution in [0.4, 0.5) is 0 Å². The Morgan fingerprint density at radius 2 is 2.19 bits per heavy atom. The molecule has 0 amide bonds. The van der Waals surface area contributed by atoms with E-state index in [2.05, 4.69) is 5.16 Å². The maximum absolute atomic E-state index is 11.3. The molecular formula is C11H15NO4. The van der Waals surface area contributed by atoms with Crippen LogP contribution in [0.25, 0.3) is 0 Å². The van der Waals surface area contributed by atoms with Gasteiger partial charge in [0.1, 0.15) is 11.6 Å². The Bertz CT molecular complexity index is 331. The molecule has 5 nitrogen and oxygen atoms in total. The average Bonchev–Trinajstić information content (AvgIpc) is 2.88. The minimum atomic E-state index is -0.873. The molecule has 0 aromatic heterocycles. The Kier molecular flexibility index (Phi) is 3.12. The van der Waals surface area contributed by atoms with Gasteiger partial charge in [0.25, 0.3) is 0 Å². The van der Waals surface area contributed by atoms with E-state index in [1.807, 2.05) is 0 Å². The lowest BCUT2D eigenvalue weighted by atomic mass is 9.84. The zero-order chi connectivity index (χ0) is 11.5. The molecule has 1 saturated carbocycles. The van der Waals surface area contributed by atoms with Crippen LogP contribution in [-0.4, -0.2) is 28.1 Å². The van der Waals surface area contributed by atoms with Crippen LogP contribution in [0.1, 0.15) is 25.7 Å². The minimum absolute atomic E-state index is 0.124. The van der Waals surface area contributed by atoms with E-state index in [1.54, 1.807) is 0 Å². The largest absolute Gasteiger partial charge is 0.491 e. The van der Waals surface area contributed by atoms with E-state index in [0.29, 0.717) is 5.71 Å². The zero-order valence-corrected chi connectivity index (χ0v) is 8.87. The van der Waals surface area contributed by atoms with Crippen molar-refractivity contribution < 1.29 is 19.8 Å². The molecule has 2 aliphatic rings. The second-order valence-electron chi connectivity index (χ2n) is 4.29. The first kappa shape index (κ1) is 11.0. The molecule has 5 heteroatoms. The third-order valence-corrected chi connectivity index (χ3v) is 3.39. The number of rotatable bonds is 3. The second-order valence-corrected chi connectivity index (χ2v) is 4.29. The number of carboxylic acids is 1. The average molecular weight is 225 g/mol. The van der Waals surface area contributed by atoms with Gasteiger partial charge in [0.2, 0.25) is 0 Å². The molecule has 2 atom stereocenters. The monoisotopic (exact) mass is 225 g/mol. The Morgan fingerprint density at radius 3 is 2.75 bits per heavy atom. The summed E-state index contributed by atoms with van der Waals surface area (Å²) < 4.78 is 5.24. The number of carbonyl (C=O) groups is 1. The quantitative estimate of drug-likeness (QED) is 0.565. The molecule has 0 aromatic carbocycles. The smallest absolute Gasteiger partial charge is 0.310 e. The Labute approximate surface area is 93.4 Å². The zero-order valence-electron chi connectivity index (χ0n) is 8.87. The Hall–Kier alpha value is -1.52. The van der Waals surface area contributed by atoms with Gasteiger partial charge in [-0.1, -0.05) is 18.0 Å². The van der Waals surface area contributed by atoms with Gasteiger partial charge >= 0.3 is 5.97 Å². The molecule has 1 aliphatic carbocycles. The molecule has 0 saturated heterocycles. The maximum atomic E-state index is 11.3. The van der Waals surface area contributed by atoms with Gasteiger partial charge in [-0.2, -0.15) is 0 Å². The van der Waals surface area contributed by atoms with Gasteiger partial charge in [-0.05, 0) is 18.8 Å². The van der Waals surface area contributed by atoms with Crippen molar-refractivity contribution >= 4 is 11.7 Å². The number of aliphatic carboxylic acids is 1. The molecule has 1 heterocycles. The van der Waals surface area contributed by atoms with Gasteiger partial charge in [0, 0.05) is 6.08 Å². The summed E-state index contributed by atoms with van der Waals surface area (Å²) >= 11 is 0. The number of ether oxygens (including phenoxy) is 1. The topological polar surface area (TPSA) is 79.1 Å². The summed E-state index contributed by atoms with van der Waals surface area (Å²) in [5.74, 6) is -1.36. The predicted molar refractivity (Wildman–Crippen MR) is 56.3 cm³/mol. The number of hydrogen-bond donors (Lipinski definition) is 2. The molecule has 0 aromatic rings. The van der Waals surface area contributed by atoms with Gasteiger partial charge in [-0.3, -0.25) is 4.79 Å². The molecule has 88 valence electrons. The summed E-state index contributed by atoms with van der Waals surface area (Å²) in [6.45, 7) is 0. The van der Waals surface area contributed by atoms with E-state index in [1.165, 1.54) is 12.3 Å². The Morgan fingerprint density at radius 1 is 1.50 bits per heavy atom. The fourth-order valence-electron chi connectivity index (χ4n) is 2.61. The molecule has 1 fully saturated rings. The number of carboxylic acid groups (broad SMARTS) is 1. The highest BCUT2D eigenvalue weighted by molar-refractivity contribution is 6.01. The third-order valence-electron chi connectivity index (χ3n) is 3.39. The van der Waals surface area contributed by atoms with Crippen LogP contribution in [0, 0.1) is 11.8 Å². The van der Waals surface area contributed by atoms with E-state index in [9.17, 15) is 9.90 Å². The van der Waals surface area contributed by atoms with E-state index >= 15 is 0 Å².